The third-order valence-electron chi connectivity index (χ3n) is 4.27. The van der Waals surface area contributed by atoms with E-state index in [2.05, 4.69) is 21.2 Å². The predicted molar refractivity (Wildman–Crippen MR) is 97.7 cm³/mol. The number of ether oxygens (including phenoxy) is 1. The van der Waals surface area contributed by atoms with Gasteiger partial charge in [0.1, 0.15) is 0 Å². The number of rotatable bonds is 8. The van der Waals surface area contributed by atoms with Gasteiger partial charge in [-0.05, 0) is 12.2 Å². The highest BCUT2D eigenvalue weighted by molar-refractivity contribution is 9.10. The minimum Gasteiger partial charge on any atom is -0.460 e. The molecule has 14 heteroatoms. The summed E-state index contributed by atoms with van der Waals surface area (Å²) in [4.78, 5) is 25.8. The number of ketones is 1. The van der Waals surface area contributed by atoms with Crippen LogP contribution in [0.1, 0.15) is 20.8 Å². The fourth-order valence-electron chi connectivity index (χ4n) is 2.86. The molecule has 1 aliphatic rings. The highest BCUT2D eigenvalue weighted by atomic mass is 79.9. The van der Waals surface area contributed by atoms with Gasteiger partial charge in [0.25, 0.3) is 10.2 Å². The van der Waals surface area contributed by atoms with Crippen LogP contribution in [0.15, 0.2) is 9.13 Å². The van der Waals surface area contributed by atoms with Crippen molar-refractivity contribution >= 4 is 37.9 Å². The number of hydrogen-bond acceptors (Lipinski definition) is 8. The first-order valence-corrected chi connectivity index (χ1v) is 10.9. The Kier molecular flexibility index (Phi) is 7.36. The number of carbonyl (C=O) groups is 2. The molecule has 0 bridgehead atoms. The predicted octanol–water partition coefficient (Wildman–Crippen LogP) is -1.89. The summed E-state index contributed by atoms with van der Waals surface area (Å²) in [6, 6.07) is -1.19. The standard InChI is InChI=1S/C14H23BrN6O6S/c1-4-18(5-2)28(24,25)19-7-8-20(21-12(15)13(16)27-17-21)10(9-19)11(22)14(23)26-6-3/h10,16H,4-9H2,1-3H3. The molecule has 2 heterocycles. The molecule has 28 heavy (non-hydrogen) atoms. The van der Waals surface area contributed by atoms with Gasteiger partial charge in [-0.2, -0.15) is 17.0 Å². The van der Waals surface area contributed by atoms with Gasteiger partial charge >= 0.3 is 16.1 Å². The maximum absolute atomic E-state index is 12.9. The molecule has 158 valence electrons. The zero-order valence-corrected chi connectivity index (χ0v) is 18.2. The molecule has 1 unspecified atom stereocenters. The number of carbonyl (C=O) groups excluding carboxylic acids is 2. The Balaban J connectivity index is 2.40. The Bertz CT molecular complexity index is 879. The Morgan fingerprint density at radius 3 is 2.50 bits per heavy atom. The van der Waals surface area contributed by atoms with E-state index in [1.807, 2.05) is 0 Å². The Hall–Kier alpha value is -1.77. The average Bonchev–Trinajstić information content (AvgIpc) is 3.00. The number of nitrogens with zero attached hydrogens (tertiary/aromatic N) is 5. The van der Waals surface area contributed by atoms with Gasteiger partial charge in [0.15, 0.2) is 0 Å². The number of hydrogen-bond donors (Lipinski definition) is 1. The van der Waals surface area contributed by atoms with Crippen molar-refractivity contribution in [1.29, 1.82) is 5.41 Å². The molecule has 0 saturated carbocycles. The molecule has 2 rings (SSSR count). The molecule has 0 aliphatic carbocycles. The fourth-order valence-corrected chi connectivity index (χ4v) is 4.82. The number of halogens is 1. The number of aromatic nitrogens is 2. The summed E-state index contributed by atoms with van der Waals surface area (Å²) in [6.45, 7) is 5.41. The van der Waals surface area contributed by atoms with Crippen molar-refractivity contribution in [3.8, 4) is 0 Å². The van der Waals surface area contributed by atoms with Crippen LogP contribution in [0.3, 0.4) is 0 Å². The molecule has 1 saturated heterocycles. The summed E-state index contributed by atoms with van der Waals surface area (Å²) in [7, 11) is -3.81. The third kappa shape index (κ3) is 4.29. The van der Waals surface area contributed by atoms with Gasteiger partial charge in [0.05, 0.1) is 12.6 Å². The lowest BCUT2D eigenvalue weighted by molar-refractivity contribution is -0.775. The van der Waals surface area contributed by atoms with E-state index in [0.29, 0.717) is 0 Å². The quantitative estimate of drug-likeness (QED) is 0.257. The highest BCUT2D eigenvalue weighted by Crippen LogP contribution is 2.16. The van der Waals surface area contributed by atoms with E-state index in [1.165, 1.54) is 9.31 Å². The zero-order chi connectivity index (χ0) is 21.1. The molecule has 0 spiro atoms. The zero-order valence-electron chi connectivity index (χ0n) is 15.8. The van der Waals surface area contributed by atoms with Crippen LogP contribution in [0.5, 0.6) is 0 Å². The summed E-state index contributed by atoms with van der Waals surface area (Å²) in [5.74, 6) is -1.97. The summed E-state index contributed by atoms with van der Waals surface area (Å²) < 4.78 is 37.8. The molecule has 1 aliphatic heterocycles. The van der Waals surface area contributed by atoms with Crippen molar-refractivity contribution in [3.63, 3.8) is 0 Å². The SMILES string of the molecule is CCOC(=O)C(=O)C1CN(S(=O)(=O)N(CC)CC)CCN1[n+]1[n-]oc(=N)c1Br. The van der Waals surface area contributed by atoms with Gasteiger partial charge in [-0.3, -0.25) is 15.2 Å². The van der Waals surface area contributed by atoms with Crippen molar-refractivity contribution in [2.75, 3.05) is 44.3 Å². The van der Waals surface area contributed by atoms with E-state index in [4.69, 9.17) is 14.7 Å². The Morgan fingerprint density at radius 2 is 2.00 bits per heavy atom. The molecule has 1 N–H and O–H groups in total. The van der Waals surface area contributed by atoms with Gasteiger partial charge in [-0.1, -0.05) is 18.6 Å². The molecule has 12 nitrogen and oxygen atoms in total. The van der Waals surface area contributed by atoms with E-state index >= 15 is 0 Å². The molecule has 1 fully saturated rings. The van der Waals surface area contributed by atoms with E-state index < -0.39 is 28.0 Å². The van der Waals surface area contributed by atoms with E-state index in [1.54, 1.807) is 20.8 Å². The van der Waals surface area contributed by atoms with Gasteiger partial charge < -0.3 is 9.26 Å². The minimum atomic E-state index is -3.81. The molecule has 1 atom stereocenters. The van der Waals surface area contributed by atoms with Crippen LogP contribution in [0.4, 0.5) is 0 Å². The lowest BCUT2D eigenvalue weighted by atomic mass is 10.1. The second-order valence-electron chi connectivity index (χ2n) is 5.80. The summed E-state index contributed by atoms with van der Waals surface area (Å²) >= 11 is 3.14. The summed E-state index contributed by atoms with van der Waals surface area (Å²) in [6.07, 6.45) is 0. The first-order valence-electron chi connectivity index (χ1n) is 8.71. The van der Waals surface area contributed by atoms with Crippen molar-refractivity contribution in [2.45, 2.75) is 26.8 Å². The topological polar surface area (TPSA) is 142 Å². The van der Waals surface area contributed by atoms with Crippen LogP contribution in [0.2, 0.25) is 0 Å². The largest absolute Gasteiger partial charge is 0.460 e. The van der Waals surface area contributed by atoms with Crippen molar-refractivity contribution in [3.05, 3.63) is 10.2 Å². The van der Waals surface area contributed by atoms with Crippen LogP contribution in [-0.4, -0.2) is 74.2 Å². The van der Waals surface area contributed by atoms with Gasteiger partial charge in [0.2, 0.25) is 5.78 Å². The van der Waals surface area contributed by atoms with Crippen LogP contribution in [-0.2, 0) is 24.5 Å². The van der Waals surface area contributed by atoms with Crippen molar-refractivity contribution in [1.82, 2.24) is 13.9 Å². The van der Waals surface area contributed by atoms with Crippen LogP contribution in [0, 0.1) is 5.41 Å². The third-order valence-corrected chi connectivity index (χ3v) is 7.10. The number of piperazine rings is 1. The minimum absolute atomic E-state index is 0.0103. The molecule has 0 amide bonds. The Morgan fingerprint density at radius 1 is 1.36 bits per heavy atom. The van der Waals surface area contributed by atoms with E-state index in [9.17, 15) is 18.0 Å². The molecule has 0 radical (unpaired) electrons. The van der Waals surface area contributed by atoms with E-state index in [0.717, 1.165) is 9.10 Å². The highest BCUT2D eigenvalue weighted by Gasteiger charge is 2.42. The van der Waals surface area contributed by atoms with E-state index in [-0.39, 0.29) is 49.5 Å². The van der Waals surface area contributed by atoms with Crippen LogP contribution < -0.4 is 20.6 Å². The smallest absolute Gasteiger partial charge is 0.375 e. The van der Waals surface area contributed by atoms with Crippen molar-refractivity contribution in [2.24, 2.45) is 0 Å². The van der Waals surface area contributed by atoms with Crippen LogP contribution in [0.25, 0.3) is 0 Å². The molecular weight excluding hydrogens is 460 g/mol. The van der Waals surface area contributed by atoms with Crippen molar-refractivity contribution < 1.29 is 32.1 Å². The lowest BCUT2D eigenvalue weighted by Gasteiger charge is -2.41. The van der Waals surface area contributed by atoms with Gasteiger partial charge in [-0.25, -0.2) is 4.79 Å². The average molecular weight is 483 g/mol. The molecule has 1 aromatic heterocycles. The molecular formula is C14H23BrN6O6S. The van der Waals surface area contributed by atoms with Crippen LogP contribution >= 0.6 is 15.9 Å². The number of esters is 1. The Labute approximate surface area is 170 Å². The fraction of sp³-hybridized carbons (Fsp3) is 0.714. The molecule has 0 aromatic carbocycles. The molecule has 1 aromatic rings. The summed E-state index contributed by atoms with van der Waals surface area (Å²) in [5, 5.41) is 12.7. The lowest BCUT2D eigenvalue weighted by Crippen LogP contribution is -2.74. The van der Waals surface area contributed by atoms with Gasteiger partial charge in [-0.15, -0.1) is 0 Å². The van der Waals surface area contributed by atoms with Gasteiger partial charge in [0, 0.05) is 48.7 Å². The number of nitrogens with one attached hydrogen (secondary N) is 1. The second kappa shape index (κ2) is 9.15. The second-order valence-corrected chi connectivity index (χ2v) is 8.48. The normalized spacial score (nSPS) is 18.5. The first-order chi connectivity index (χ1) is 13.2. The maximum Gasteiger partial charge on any atom is 0.375 e. The summed E-state index contributed by atoms with van der Waals surface area (Å²) in [5.41, 5.74) is -0.277. The monoisotopic (exact) mass is 482 g/mol. The first kappa shape index (κ1) is 22.5. The maximum atomic E-state index is 12.9. The number of Topliss-reactive ketones (excluding diaryl/α,β-unsaturated/α-hetero) is 1.